The Morgan fingerprint density at radius 2 is 1.62 bits per heavy atom. The average molecular weight is 815 g/mol. The van der Waals surface area contributed by atoms with Crippen LogP contribution >= 0.6 is 82.6 Å². The lowest BCUT2D eigenvalue weighted by atomic mass is 10.2. The number of hydrogen-bond donors (Lipinski definition) is 2. The number of nitrogens with zero attached hydrogens (tertiary/aromatic N) is 3. The van der Waals surface area contributed by atoms with Gasteiger partial charge in [-0.05, 0) is 24.3 Å². The van der Waals surface area contributed by atoms with Crippen LogP contribution in [0.15, 0.2) is 24.3 Å². The van der Waals surface area contributed by atoms with Crippen LogP contribution in [-0.4, -0.2) is 86.2 Å². The van der Waals surface area contributed by atoms with Gasteiger partial charge >= 0.3 is 18.2 Å². The van der Waals surface area contributed by atoms with Crippen molar-refractivity contribution < 1.29 is 36.7 Å². The number of piperazine rings is 1. The molecule has 218 valence electrons. The number of cyclic esters (lactones) is 1. The van der Waals surface area contributed by atoms with Crippen molar-refractivity contribution in [3.8, 4) is 0 Å². The van der Waals surface area contributed by atoms with Crippen LogP contribution in [0.5, 0.6) is 0 Å². The first-order valence-corrected chi connectivity index (χ1v) is 14.4. The number of halogens is 10. The SMILES string of the molecule is O=C1OC(CNC(=O)C(F)(F)F)CN1c1ccc(N2CCN(C(NC(=O)C(Cl)(Cl)Cl)C(Br)(Br)Br)[C@@H](F)C2)cc1. The molecule has 3 amide bonds. The molecule has 3 atom stereocenters. The zero-order chi connectivity index (χ0) is 29.3. The summed E-state index contributed by atoms with van der Waals surface area (Å²) in [5.41, 5.74) is 1.04. The largest absolute Gasteiger partial charge is 0.471 e. The number of amides is 3. The molecule has 1 aromatic carbocycles. The highest BCUT2D eigenvalue weighted by Crippen LogP contribution is 2.41. The topological polar surface area (TPSA) is 94.2 Å². The molecule has 39 heavy (non-hydrogen) atoms. The second kappa shape index (κ2) is 12.6. The summed E-state index contributed by atoms with van der Waals surface area (Å²) < 4.78 is 54.1. The fourth-order valence-corrected chi connectivity index (χ4v) is 5.12. The number of rotatable bonds is 6. The standard InChI is InChI=1S/C20H19Br3Cl3F4N5O4/c21-18(22,23)14(32-15(36)19(24,25)26)34-6-5-33(9-13(34)27)10-1-3-11(4-2-10)35-8-12(39-17(35)38)7-31-16(37)20(28,29)30/h1-4,12-14H,5-9H2,(H,31,37)(H,32,36)/t12?,13-,14?/m1/s1. The van der Waals surface area contributed by atoms with Crippen LogP contribution in [0, 0.1) is 0 Å². The molecule has 2 N–H and O–H groups in total. The molecule has 0 bridgehead atoms. The van der Waals surface area contributed by atoms with E-state index in [0.717, 1.165) is 0 Å². The van der Waals surface area contributed by atoms with Crippen molar-refractivity contribution >= 4 is 112 Å². The lowest BCUT2D eigenvalue weighted by Crippen LogP contribution is -2.64. The van der Waals surface area contributed by atoms with E-state index < -0.39 is 55.1 Å². The van der Waals surface area contributed by atoms with Gasteiger partial charge in [0, 0.05) is 24.5 Å². The molecule has 0 saturated carbocycles. The maximum Gasteiger partial charge on any atom is 0.471 e. The average Bonchev–Trinajstić information content (AvgIpc) is 3.19. The van der Waals surface area contributed by atoms with Crippen molar-refractivity contribution in [1.29, 1.82) is 0 Å². The Morgan fingerprint density at radius 1 is 1.03 bits per heavy atom. The van der Waals surface area contributed by atoms with Crippen molar-refractivity contribution in [2.24, 2.45) is 0 Å². The lowest BCUT2D eigenvalue weighted by molar-refractivity contribution is -0.173. The third-order valence-corrected chi connectivity index (χ3v) is 7.49. The minimum absolute atomic E-state index is 0.0732. The minimum Gasteiger partial charge on any atom is -0.442 e. The van der Waals surface area contributed by atoms with Crippen molar-refractivity contribution in [2.45, 2.75) is 30.7 Å². The van der Waals surface area contributed by atoms with E-state index in [4.69, 9.17) is 39.5 Å². The van der Waals surface area contributed by atoms with Crippen molar-refractivity contribution in [3.63, 3.8) is 0 Å². The number of ether oxygens (including phenoxy) is 1. The Morgan fingerprint density at radius 3 is 2.13 bits per heavy atom. The summed E-state index contributed by atoms with van der Waals surface area (Å²) in [6.45, 7) is -0.161. The van der Waals surface area contributed by atoms with Gasteiger partial charge in [0.25, 0.3) is 9.70 Å². The first kappa shape index (κ1) is 32.7. The van der Waals surface area contributed by atoms with Gasteiger partial charge in [-0.2, -0.15) is 13.2 Å². The van der Waals surface area contributed by atoms with Gasteiger partial charge in [0.2, 0.25) is 0 Å². The van der Waals surface area contributed by atoms with E-state index in [2.05, 4.69) is 53.1 Å². The molecule has 2 unspecified atom stereocenters. The molecule has 19 heteroatoms. The normalized spacial score (nSPS) is 21.9. The zero-order valence-electron chi connectivity index (χ0n) is 19.3. The van der Waals surface area contributed by atoms with Crippen LogP contribution in [0.1, 0.15) is 0 Å². The second-order valence-electron chi connectivity index (χ2n) is 8.37. The van der Waals surface area contributed by atoms with Crippen LogP contribution in [-0.2, 0) is 14.3 Å². The van der Waals surface area contributed by atoms with E-state index in [0.29, 0.717) is 17.9 Å². The highest BCUT2D eigenvalue weighted by Gasteiger charge is 2.45. The quantitative estimate of drug-likeness (QED) is 0.245. The highest BCUT2D eigenvalue weighted by atomic mass is 80.0. The Balaban J connectivity index is 1.61. The van der Waals surface area contributed by atoms with Crippen LogP contribution < -0.4 is 20.4 Å². The maximum absolute atomic E-state index is 15.3. The molecule has 9 nitrogen and oxygen atoms in total. The highest BCUT2D eigenvalue weighted by molar-refractivity contribution is 9.39. The summed E-state index contributed by atoms with van der Waals surface area (Å²) in [5.74, 6) is -3.07. The van der Waals surface area contributed by atoms with Crippen LogP contribution in [0.25, 0.3) is 0 Å². The van der Waals surface area contributed by atoms with Gasteiger partial charge in [0.1, 0.15) is 12.3 Å². The Hall–Kier alpha value is -0.780. The lowest BCUT2D eigenvalue weighted by Gasteiger charge is -2.45. The molecule has 0 aromatic heterocycles. The van der Waals surface area contributed by atoms with Crippen molar-refractivity contribution in [3.05, 3.63) is 24.3 Å². The summed E-state index contributed by atoms with van der Waals surface area (Å²) in [6, 6.07) is 6.46. The van der Waals surface area contributed by atoms with Gasteiger partial charge < -0.3 is 20.3 Å². The molecule has 2 heterocycles. The van der Waals surface area contributed by atoms with Gasteiger partial charge in [-0.25, -0.2) is 14.1 Å². The summed E-state index contributed by atoms with van der Waals surface area (Å²) in [7, 11) is 0. The molecular formula is C20H19Br3Cl3F4N5O4. The molecular weight excluding hydrogens is 796 g/mol. The summed E-state index contributed by atoms with van der Waals surface area (Å²) in [4.78, 5) is 39.7. The number of benzene rings is 1. The molecule has 0 spiro atoms. The smallest absolute Gasteiger partial charge is 0.442 e. The molecule has 2 aliphatic rings. The van der Waals surface area contributed by atoms with E-state index in [1.54, 1.807) is 34.5 Å². The zero-order valence-corrected chi connectivity index (χ0v) is 26.4. The molecule has 0 radical (unpaired) electrons. The maximum atomic E-state index is 15.3. The summed E-state index contributed by atoms with van der Waals surface area (Å²) >= 11 is 26.8. The molecule has 0 aliphatic carbocycles. The number of carbonyl (C=O) groups excluding carboxylic acids is 3. The van der Waals surface area contributed by atoms with Gasteiger partial charge in [-0.3, -0.25) is 14.5 Å². The van der Waals surface area contributed by atoms with E-state index in [9.17, 15) is 27.6 Å². The number of carbonyl (C=O) groups is 3. The summed E-state index contributed by atoms with van der Waals surface area (Å²) in [5, 5.41) is 4.17. The van der Waals surface area contributed by atoms with Gasteiger partial charge in [0.15, 0.2) is 8.44 Å². The molecule has 2 saturated heterocycles. The molecule has 2 aliphatic heterocycles. The van der Waals surface area contributed by atoms with Gasteiger partial charge in [-0.15, -0.1) is 0 Å². The number of alkyl halides is 10. The number of hydrogen-bond acceptors (Lipinski definition) is 6. The Kier molecular flexibility index (Phi) is 10.6. The first-order chi connectivity index (χ1) is 17.9. The fraction of sp³-hybridized carbons (Fsp3) is 0.550. The second-order valence-corrected chi connectivity index (χ2v) is 17.6. The van der Waals surface area contributed by atoms with E-state index >= 15 is 4.39 Å². The van der Waals surface area contributed by atoms with Crippen molar-refractivity contribution in [1.82, 2.24) is 15.5 Å². The van der Waals surface area contributed by atoms with Crippen molar-refractivity contribution in [2.75, 3.05) is 42.5 Å². The van der Waals surface area contributed by atoms with E-state index in [1.807, 2.05) is 0 Å². The Bertz CT molecular complexity index is 1080. The first-order valence-electron chi connectivity index (χ1n) is 10.9. The predicted octanol–water partition coefficient (Wildman–Crippen LogP) is 4.76. The molecule has 3 rings (SSSR count). The van der Waals surface area contributed by atoms with Crippen LogP contribution in [0.2, 0.25) is 0 Å². The third-order valence-electron chi connectivity index (χ3n) is 5.67. The number of anilines is 2. The van der Waals surface area contributed by atoms with Gasteiger partial charge in [-0.1, -0.05) is 82.6 Å². The van der Waals surface area contributed by atoms with Gasteiger partial charge in [0.05, 0.1) is 19.6 Å². The minimum atomic E-state index is -5.04. The monoisotopic (exact) mass is 811 g/mol. The summed E-state index contributed by atoms with van der Waals surface area (Å²) in [6.07, 6.45) is -9.36. The van der Waals surface area contributed by atoms with E-state index in [1.165, 1.54) is 9.80 Å². The molecule has 2 fully saturated rings. The number of nitrogens with one attached hydrogen (secondary N) is 2. The fourth-order valence-electron chi connectivity index (χ4n) is 3.83. The third kappa shape index (κ3) is 8.61. The van der Waals surface area contributed by atoms with Crippen LogP contribution in [0.4, 0.5) is 33.7 Å². The molecule has 1 aromatic rings. The van der Waals surface area contributed by atoms with E-state index in [-0.39, 0.29) is 19.6 Å². The van der Waals surface area contributed by atoms with Crippen LogP contribution in [0.3, 0.4) is 0 Å². The predicted molar refractivity (Wildman–Crippen MR) is 149 cm³/mol. The Labute approximate surface area is 260 Å².